The number of hydrogen-bond acceptors (Lipinski definition) is 4. The number of halogens is 1. The predicted octanol–water partition coefficient (Wildman–Crippen LogP) is 3.83. The highest BCUT2D eigenvalue weighted by atomic mass is 19.1. The number of likely N-dealkylation sites (tertiary alicyclic amines) is 1. The van der Waals surface area contributed by atoms with Crippen LogP contribution in [0.3, 0.4) is 0 Å². The van der Waals surface area contributed by atoms with Crippen molar-refractivity contribution in [2.45, 2.75) is 25.3 Å². The Morgan fingerprint density at radius 1 is 1.07 bits per heavy atom. The normalized spacial score (nSPS) is 16.1. The largest absolute Gasteiger partial charge is 0.497 e. The number of rotatable bonds is 8. The number of nitrogens with zero attached hydrogens (tertiary/aromatic N) is 1. The first kappa shape index (κ1) is 19.5. The van der Waals surface area contributed by atoms with E-state index in [-0.39, 0.29) is 24.2 Å². The Hall–Kier alpha value is -2.24. The number of ketones is 1. The van der Waals surface area contributed by atoms with Gasteiger partial charge in [0.15, 0.2) is 5.78 Å². The van der Waals surface area contributed by atoms with Gasteiger partial charge in [-0.05, 0) is 67.9 Å². The zero-order valence-corrected chi connectivity index (χ0v) is 15.8. The molecule has 0 aliphatic carbocycles. The fourth-order valence-electron chi connectivity index (χ4n) is 3.57. The summed E-state index contributed by atoms with van der Waals surface area (Å²) in [4.78, 5) is 14.8. The van der Waals surface area contributed by atoms with Crippen LogP contribution in [0.1, 0.15) is 41.2 Å². The fraction of sp³-hybridized carbons (Fsp3) is 0.409. The number of benzene rings is 2. The van der Waals surface area contributed by atoms with E-state index in [1.54, 1.807) is 7.11 Å². The molecule has 1 fully saturated rings. The number of piperidine rings is 1. The van der Waals surface area contributed by atoms with Gasteiger partial charge in [0.1, 0.15) is 11.6 Å². The van der Waals surface area contributed by atoms with Crippen LogP contribution in [0.5, 0.6) is 5.75 Å². The van der Waals surface area contributed by atoms with Gasteiger partial charge in [-0.1, -0.05) is 18.6 Å². The summed E-state index contributed by atoms with van der Waals surface area (Å²) in [5.41, 5.74) is 1.75. The summed E-state index contributed by atoms with van der Waals surface area (Å²) in [5.74, 6) is 0.488. The molecule has 1 heterocycles. The minimum atomic E-state index is -0.329. The molecule has 144 valence electrons. The second-order valence-electron chi connectivity index (χ2n) is 6.95. The molecule has 4 nitrogen and oxygen atoms in total. The molecule has 2 aromatic carbocycles. The highest BCUT2D eigenvalue weighted by molar-refractivity contribution is 5.97. The maximum atomic E-state index is 13.0. The lowest BCUT2D eigenvalue weighted by atomic mass is 10.0. The highest BCUT2D eigenvalue weighted by Crippen LogP contribution is 2.25. The van der Waals surface area contributed by atoms with Crippen molar-refractivity contribution in [1.82, 2.24) is 10.2 Å². The number of hydrogen-bond donors (Lipinski definition) is 1. The van der Waals surface area contributed by atoms with Crippen LogP contribution in [0.4, 0.5) is 4.39 Å². The Balaban J connectivity index is 1.63. The monoisotopic (exact) mass is 370 g/mol. The Kier molecular flexibility index (Phi) is 6.96. The van der Waals surface area contributed by atoms with E-state index in [4.69, 9.17) is 4.74 Å². The molecule has 3 rings (SSSR count). The Morgan fingerprint density at radius 3 is 2.37 bits per heavy atom. The van der Waals surface area contributed by atoms with Crippen molar-refractivity contribution in [3.63, 3.8) is 0 Å². The molecule has 2 aromatic rings. The summed E-state index contributed by atoms with van der Waals surface area (Å²) in [6.07, 6.45) is 3.70. The molecule has 1 atom stereocenters. The quantitative estimate of drug-likeness (QED) is 0.717. The van der Waals surface area contributed by atoms with Gasteiger partial charge in [0.2, 0.25) is 0 Å². The molecule has 0 amide bonds. The van der Waals surface area contributed by atoms with Crippen molar-refractivity contribution in [3.8, 4) is 5.75 Å². The van der Waals surface area contributed by atoms with Gasteiger partial charge >= 0.3 is 0 Å². The van der Waals surface area contributed by atoms with E-state index in [0.29, 0.717) is 12.1 Å². The maximum absolute atomic E-state index is 13.0. The summed E-state index contributed by atoms with van der Waals surface area (Å²) in [6.45, 7) is 3.08. The lowest BCUT2D eigenvalue weighted by Gasteiger charge is -2.35. The van der Waals surface area contributed by atoms with Crippen molar-refractivity contribution in [1.29, 1.82) is 0 Å². The molecular formula is C22H27FN2O2. The Labute approximate surface area is 160 Å². The van der Waals surface area contributed by atoms with Gasteiger partial charge in [0.05, 0.1) is 13.7 Å². The molecule has 1 saturated heterocycles. The van der Waals surface area contributed by atoms with Gasteiger partial charge in [-0.2, -0.15) is 0 Å². The first-order valence-corrected chi connectivity index (χ1v) is 9.55. The minimum absolute atomic E-state index is 0.0258. The predicted molar refractivity (Wildman–Crippen MR) is 105 cm³/mol. The SMILES string of the molecule is COc1ccc(C(CNCC(=O)c2ccc(F)cc2)N2CCCCC2)cc1. The molecule has 0 spiro atoms. The van der Waals surface area contributed by atoms with Crippen LogP contribution in [-0.4, -0.2) is 44.0 Å². The molecular weight excluding hydrogens is 343 g/mol. The van der Waals surface area contributed by atoms with E-state index in [0.717, 1.165) is 18.8 Å². The molecule has 5 heteroatoms. The smallest absolute Gasteiger partial charge is 0.176 e. The van der Waals surface area contributed by atoms with Gasteiger partial charge < -0.3 is 10.1 Å². The Morgan fingerprint density at radius 2 is 1.74 bits per heavy atom. The minimum Gasteiger partial charge on any atom is -0.497 e. The van der Waals surface area contributed by atoms with Crippen LogP contribution in [0, 0.1) is 5.82 Å². The second-order valence-corrected chi connectivity index (χ2v) is 6.95. The van der Waals surface area contributed by atoms with Gasteiger partial charge in [0, 0.05) is 18.2 Å². The van der Waals surface area contributed by atoms with Crippen molar-refractivity contribution in [2.75, 3.05) is 33.3 Å². The molecule has 0 aromatic heterocycles. The highest BCUT2D eigenvalue weighted by Gasteiger charge is 2.22. The molecule has 1 N–H and O–H groups in total. The molecule has 1 unspecified atom stereocenters. The van der Waals surface area contributed by atoms with Crippen LogP contribution >= 0.6 is 0 Å². The zero-order valence-electron chi connectivity index (χ0n) is 15.8. The maximum Gasteiger partial charge on any atom is 0.176 e. The molecule has 0 radical (unpaired) electrons. The summed E-state index contributed by atoms with van der Waals surface area (Å²) in [7, 11) is 1.67. The first-order valence-electron chi connectivity index (χ1n) is 9.55. The number of carbonyl (C=O) groups is 1. The Bertz CT molecular complexity index is 725. The van der Waals surface area contributed by atoms with Crippen LogP contribution < -0.4 is 10.1 Å². The van der Waals surface area contributed by atoms with Crippen LogP contribution in [0.2, 0.25) is 0 Å². The third kappa shape index (κ3) is 5.37. The van der Waals surface area contributed by atoms with E-state index in [1.807, 2.05) is 12.1 Å². The number of Topliss-reactive ketones (excluding diaryl/α,β-unsaturated/α-hetero) is 1. The summed E-state index contributed by atoms with van der Waals surface area (Å²) < 4.78 is 18.3. The topological polar surface area (TPSA) is 41.6 Å². The molecule has 27 heavy (non-hydrogen) atoms. The average molecular weight is 370 g/mol. The van der Waals surface area contributed by atoms with Crippen molar-refractivity contribution in [3.05, 3.63) is 65.5 Å². The van der Waals surface area contributed by atoms with Crippen molar-refractivity contribution in [2.24, 2.45) is 0 Å². The van der Waals surface area contributed by atoms with Crippen LogP contribution in [-0.2, 0) is 0 Å². The van der Waals surface area contributed by atoms with E-state index >= 15 is 0 Å². The first-order chi connectivity index (χ1) is 13.2. The lowest BCUT2D eigenvalue weighted by molar-refractivity contribution is 0.0983. The second kappa shape index (κ2) is 9.62. The third-order valence-corrected chi connectivity index (χ3v) is 5.12. The van der Waals surface area contributed by atoms with Gasteiger partial charge in [-0.15, -0.1) is 0 Å². The number of ether oxygens (including phenoxy) is 1. The van der Waals surface area contributed by atoms with Crippen LogP contribution in [0.25, 0.3) is 0 Å². The third-order valence-electron chi connectivity index (χ3n) is 5.12. The standard InChI is InChI=1S/C22H27FN2O2/c1-27-20-11-7-17(8-12-20)21(25-13-3-2-4-14-25)15-24-16-22(26)18-5-9-19(23)10-6-18/h5-12,21,24H,2-4,13-16H2,1H3. The number of carbonyl (C=O) groups excluding carboxylic acids is 1. The number of nitrogens with one attached hydrogen (secondary N) is 1. The molecule has 0 bridgehead atoms. The van der Waals surface area contributed by atoms with Gasteiger partial charge in [-0.25, -0.2) is 4.39 Å². The fourth-order valence-corrected chi connectivity index (χ4v) is 3.57. The average Bonchev–Trinajstić information content (AvgIpc) is 2.72. The van der Waals surface area contributed by atoms with Gasteiger partial charge in [-0.3, -0.25) is 9.69 Å². The lowest BCUT2D eigenvalue weighted by Crippen LogP contribution is -2.40. The van der Waals surface area contributed by atoms with Crippen LogP contribution in [0.15, 0.2) is 48.5 Å². The molecule has 1 aliphatic rings. The van der Waals surface area contributed by atoms with E-state index < -0.39 is 0 Å². The zero-order chi connectivity index (χ0) is 19.1. The summed E-state index contributed by atoms with van der Waals surface area (Å²) in [5, 5.41) is 3.31. The molecule has 0 saturated carbocycles. The van der Waals surface area contributed by atoms with E-state index in [2.05, 4.69) is 22.3 Å². The van der Waals surface area contributed by atoms with Gasteiger partial charge in [0.25, 0.3) is 0 Å². The number of methoxy groups -OCH3 is 1. The van der Waals surface area contributed by atoms with Crippen molar-refractivity contribution >= 4 is 5.78 Å². The molecule has 1 aliphatic heterocycles. The van der Waals surface area contributed by atoms with Crippen molar-refractivity contribution < 1.29 is 13.9 Å². The summed E-state index contributed by atoms with van der Waals surface area (Å²) in [6, 6.07) is 14.1. The van der Waals surface area contributed by atoms with E-state index in [1.165, 1.54) is 49.1 Å². The van der Waals surface area contributed by atoms with E-state index in [9.17, 15) is 9.18 Å². The summed E-state index contributed by atoms with van der Waals surface area (Å²) >= 11 is 0.